The zero-order chi connectivity index (χ0) is 30.9. The zero-order valence-corrected chi connectivity index (χ0v) is 27.2. The molecule has 9 unspecified atom stereocenters. The van der Waals surface area contributed by atoms with E-state index in [9.17, 15) is 9.59 Å². The Kier molecular flexibility index (Phi) is 10.1. The summed E-state index contributed by atoms with van der Waals surface area (Å²) in [5.41, 5.74) is 0.203. The highest BCUT2D eigenvalue weighted by Crippen LogP contribution is 2.50. The molecule has 4 aliphatic heterocycles. The summed E-state index contributed by atoms with van der Waals surface area (Å²) in [7, 11) is 2.17. The summed E-state index contributed by atoms with van der Waals surface area (Å²) in [6.45, 7) is 10.4. The molecule has 6 fully saturated rings. The quantitative estimate of drug-likeness (QED) is 0.289. The van der Waals surface area contributed by atoms with Gasteiger partial charge in [0, 0.05) is 64.5 Å². The van der Waals surface area contributed by atoms with Crippen molar-refractivity contribution in [2.75, 3.05) is 85.7 Å². The Bertz CT molecular complexity index is 1080. The fourth-order valence-corrected chi connectivity index (χ4v) is 9.59. The number of nitrogens with zero attached hydrogens (tertiary/aromatic N) is 4. The van der Waals surface area contributed by atoms with Crippen LogP contribution in [0.1, 0.15) is 51.4 Å². The molecule has 7 rings (SSSR count). The Hall–Kier alpha value is -1.63. The second-order valence-corrected chi connectivity index (χ2v) is 14.9. The predicted molar refractivity (Wildman–Crippen MR) is 169 cm³/mol. The number of morpholine rings is 2. The van der Waals surface area contributed by atoms with Gasteiger partial charge in [-0.1, -0.05) is 25.7 Å². The topological polar surface area (TPSA) is 89.6 Å². The first-order chi connectivity index (χ1) is 22.0. The van der Waals surface area contributed by atoms with Gasteiger partial charge in [-0.2, -0.15) is 0 Å². The van der Waals surface area contributed by atoms with E-state index in [1.807, 2.05) is 6.20 Å². The molecule has 3 saturated carbocycles. The summed E-state index contributed by atoms with van der Waals surface area (Å²) in [6, 6.07) is -0.548. The van der Waals surface area contributed by atoms with Crippen LogP contribution in [0.2, 0.25) is 0 Å². The lowest BCUT2D eigenvalue weighted by Crippen LogP contribution is -2.73. The second-order valence-electron chi connectivity index (χ2n) is 14.9. The second kappa shape index (κ2) is 14.2. The fourth-order valence-electron chi connectivity index (χ4n) is 9.59. The third-order valence-corrected chi connectivity index (χ3v) is 12.2. The molecule has 9 atom stereocenters. The lowest BCUT2D eigenvalue weighted by atomic mass is 9.65. The van der Waals surface area contributed by atoms with Gasteiger partial charge in [-0.3, -0.25) is 14.5 Å². The number of alkyl halides is 1. The standard InChI is InChI=1S/C34H55FN6O4/c1-38-11-13-39(14-12-38)9-4-7-36-30-27(35)21-25-31-33(30)45-29-20-24-6-3-2-5-23(24)19-28(29)41(31)22-26(32(25)42)34(43)37-8-10-40-15-17-44-18-16-40/h22-25,27-31,33,36H,2-21H2,1H3,(H,37,43). The van der Waals surface area contributed by atoms with Gasteiger partial charge in [-0.25, -0.2) is 4.39 Å². The maximum Gasteiger partial charge on any atom is 0.256 e. The minimum Gasteiger partial charge on any atom is -0.379 e. The van der Waals surface area contributed by atoms with Crippen LogP contribution < -0.4 is 10.6 Å². The van der Waals surface area contributed by atoms with Gasteiger partial charge in [0.1, 0.15) is 6.17 Å². The van der Waals surface area contributed by atoms with E-state index in [-0.39, 0.29) is 41.9 Å². The Labute approximate surface area is 268 Å². The monoisotopic (exact) mass is 630 g/mol. The van der Waals surface area contributed by atoms with Crippen molar-refractivity contribution in [3.05, 3.63) is 11.8 Å². The summed E-state index contributed by atoms with van der Waals surface area (Å²) in [6.07, 6.45) is 8.45. The van der Waals surface area contributed by atoms with Gasteiger partial charge < -0.3 is 34.8 Å². The van der Waals surface area contributed by atoms with Crippen LogP contribution in [-0.2, 0) is 19.1 Å². The molecule has 7 aliphatic rings. The summed E-state index contributed by atoms with van der Waals surface area (Å²) in [5.74, 6) is 0.220. The van der Waals surface area contributed by atoms with Crippen molar-refractivity contribution in [3.63, 3.8) is 0 Å². The van der Waals surface area contributed by atoms with Crippen molar-refractivity contribution in [2.24, 2.45) is 17.8 Å². The molecule has 45 heavy (non-hydrogen) atoms. The molecular weight excluding hydrogens is 575 g/mol. The van der Waals surface area contributed by atoms with Gasteiger partial charge in [0.25, 0.3) is 5.91 Å². The molecule has 3 saturated heterocycles. The Morgan fingerprint density at radius 2 is 1.69 bits per heavy atom. The largest absolute Gasteiger partial charge is 0.379 e. The number of hydrogen-bond acceptors (Lipinski definition) is 9. The van der Waals surface area contributed by atoms with Gasteiger partial charge in [0.05, 0.1) is 49.1 Å². The number of piperazine rings is 1. The van der Waals surface area contributed by atoms with Crippen LogP contribution in [0.15, 0.2) is 11.8 Å². The van der Waals surface area contributed by atoms with Crippen molar-refractivity contribution in [2.45, 2.75) is 87.9 Å². The van der Waals surface area contributed by atoms with Crippen molar-refractivity contribution < 1.29 is 23.5 Å². The van der Waals surface area contributed by atoms with Crippen molar-refractivity contribution in [1.82, 2.24) is 30.2 Å². The molecular formula is C34H55FN6O4. The number of likely N-dealkylation sites (N-methyl/N-ethyl adjacent to an activating group) is 1. The molecule has 3 aliphatic carbocycles. The minimum absolute atomic E-state index is 0.00118. The SMILES string of the molecule is CN1CCN(CCCNC2C(F)CC3C(=O)C(C(=O)NCCN4CCOCC4)=CN4C5CC6CCCCC6CC5OC2C34)CC1. The molecule has 0 spiro atoms. The van der Waals surface area contributed by atoms with Crippen LogP contribution in [0.5, 0.6) is 0 Å². The Morgan fingerprint density at radius 3 is 2.47 bits per heavy atom. The summed E-state index contributed by atoms with van der Waals surface area (Å²) >= 11 is 0. The molecule has 252 valence electrons. The van der Waals surface area contributed by atoms with E-state index < -0.39 is 24.2 Å². The third kappa shape index (κ3) is 6.85. The molecule has 0 aromatic heterocycles. The number of fused-ring (bicyclic) bond motifs is 3. The summed E-state index contributed by atoms with van der Waals surface area (Å²) in [5, 5.41) is 6.60. The number of nitrogens with one attached hydrogen (secondary N) is 2. The lowest BCUT2D eigenvalue weighted by molar-refractivity contribution is -0.208. The normalized spacial score (nSPS) is 39.4. The smallest absolute Gasteiger partial charge is 0.256 e. The molecule has 0 radical (unpaired) electrons. The van der Waals surface area contributed by atoms with E-state index >= 15 is 4.39 Å². The number of halogens is 1. The minimum atomic E-state index is -1.20. The predicted octanol–water partition coefficient (Wildman–Crippen LogP) is 1.26. The molecule has 0 aromatic carbocycles. The van der Waals surface area contributed by atoms with Crippen LogP contribution in [0.25, 0.3) is 0 Å². The van der Waals surface area contributed by atoms with Crippen LogP contribution in [0.4, 0.5) is 4.39 Å². The van der Waals surface area contributed by atoms with E-state index in [1.54, 1.807) is 0 Å². The number of ketones is 1. The van der Waals surface area contributed by atoms with Crippen LogP contribution in [-0.4, -0.2) is 154 Å². The van der Waals surface area contributed by atoms with Crippen LogP contribution in [0.3, 0.4) is 0 Å². The highest BCUT2D eigenvalue weighted by molar-refractivity contribution is 6.20. The first-order valence-electron chi connectivity index (χ1n) is 18.0. The molecule has 2 N–H and O–H groups in total. The number of Topliss-reactive ketones (excluding diaryl/α,β-unsaturated/α-hetero) is 1. The van der Waals surface area contributed by atoms with Crippen molar-refractivity contribution in [3.8, 4) is 0 Å². The van der Waals surface area contributed by atoms with Crippen LogP contribution in [0, 0.1) is 17.8 Å². The number of ether oxygens (including phenoxy) is 2. The van der Waals surface area contributed by atoms with E-state index in [4.69, 9.17) is 9.47 Å². The number of carbonyl (C=O) groups is 2. The van der Waals surface area contributed by atoms with Gasteiger partial charge in [-0.05, 0) is 57.7 Å². The fraction of sp³-hybridized carbons (Fsp3) is 0.882. The van der Waals surface area contributed by atoms with E-state index in [2.05, 4.69) is 37.3 Å². The van der Waals surface area contributed by atoms with Crippen molar-refractivity contribution >= 4 is 11.7 Å². The van der Waals surface area contributed by atoms with E-state index in [0.717, 1.165) is 78.2 Å². The highest BCUT2D eigenvalue weighted by Gasteiger charge is 2.59. The Morgan fingerprint density at radius 1 is 0.956 bits per heavy atom. The zero-order valence-electron chi connectivity index (χ0n) is 27.2. The average molecular weight is 631 g/mol. The maximum atomic E-state index is 16.2. The molecule has 0 bridgehead atoms. The third-order valence-electron chi connectivity index (χ3n) is 12.2. The number of rotatable bonds is 9. The number of amides is 1. The number of hydrogen-bond donors (Lipinski definition) is 2. The molecule has 1 amide bonds. The Balaban J connectivity index is 1.07. The maximum absolute atomic E-state index is 16.2. The first kappa shape index (κ1) is 31.9. The molecule has 0 aromatic rings. The van der Waals surface area contributed by atoms with Gasteiger partial charge >= 0.3 is 0 Å². The van der Waals surface area contributed by atoms with Crippen molar-refractivity contribution in [1.29, 1.82) is 0 Å². The molecule has 11 heteroatoms. The average Bonchev–Trinajstić information content (AvgIpc) is 3.05. The summed E-state index contributed by atoms with van der Waals surface area (Å²) in [4.78, 5) is 36.9. The highest BCUT2D eigenvalue weighted by atomic mass is 19.1. The molecule has 10 nitrogen and oxygen atoms in total. The molecule has 4 heterocycles. The van der Waals surface area contributed by atoms with Crippen LogP contribution >= 0.6 is 0 Å². The van der Waals surface area contributed by atoms with Gasteiger partial charge in [0.2, 0.25) is 0 Å². The van der Waals surface area contributed by atoms with Gasteiger partial charge in [0.15, 0.2) is 5.78 Å². The van der Waals surface area contributed by atoms with E-state index in [1.165, 1.54) is 25.7 Å². The van der Waals surface area contributed by atoms with Gasteiger partial charge in [-0.15, -0.1) is 0 Å². The van der Waals surface area contributed by atoms with E-state index in [0.29, 0.717) is 31.6 Å². The summed E-state index contributed by atoms with van der Waals surface area (Å²) < 4.78 is 28.5. The first-order valence-corrected chi connectivity index (χ1v) is 18.0. The lowest BCUT2D eigenvalue weighted by Gasteiger charge is -2.61. The number of carbonyl (C=O) groups excluding carboxylic acids is 2.